The van der Waals surface area contributed by atoms with Crippen molar-refractivity contribution in [3.05, 3.63) is 39.3 Å². The number of pyridine rings is 1. The van der Waals surface area contributed by atoms with E-state index in [2.05, 4.69) is 11.2 Å². The molecular weight excluding hydrogens is 272 g/mol. The highest BCUT2D eigenvalue weighted by Crippen LogP contribution is 2.27. The second-order valence-electron chi connectivity index (χ2n) is 5.38. The van der Waals surface area contributed by atoms with Crippen molar-refractivity contribution in [2.24, 2.45) is 5.73 Å². The van der Waals surface area contributed by atoms with Crippen LogP contribution in [0.1, 0.15) is 41.1 Å². The fourth-order valence-corrected chi connectivity index (χ4v) is 2.95. The van der Waals surface area contributed by atoms with Crippen molar-refractivity contribution in [2.45, 2.75) is 46.1 Å². The van der Waals surface area contributed by atoms with Gasteiger partial charge in [0.15, 0.2) is 5.82 Å². The van der Waals surface area contributed by atoms with Crippen LogP contribution in [0.3, 0.4) is 0 Å². The Morgan fingerprint density at radius 3 is 2.70 bits per heavy atom. The Morgan fingerprint density at radius 1 is 1.30 bits per heavy atom. The van der Waals surface area contributed by atoms with Gasteiger partial charge in [-0.3, -0.25) is 0 Å². The van der Waals surface area contributed by atoms with Crippen LogP contribution >= 0.6 is 11.6 Å². The molecule has 0 bridgehead atoms. The molecule has 2 aromatic rings. The Kier molecular flexibility index (Phi) is 3.52. The first-order valence-electron chi connectivity index (χ1n) is 7.05. The molecular formula is C15H19ClN4. The number of fused-ring (bicyclic) bond motifs is 1. The van der Waals surface area contributed by atoms with Gasteiger partial charge in [0.05, 0.1) is 16.4 Å². The van der Waals surface area contributed by atoms with Gasteiger partial charge in [-0.15, -0.1) is 0 Å². The Balaban J connectivity index is 2.19. The summed E-state index contributed by atoms with van der Waals surface area (Å²) >= 11 is 6.24. The molecule has 0 atom stereocenters. The average Bonchev–Trinajstić information content (AvgIpc) is 2.73. The molecule has 0 saturated carbocycles. The fourth-order valence-electron chi connectivity index (χ4n) is 2.83. The molecule has 4 nitrogen and oxygen atoms in total. The Morgan fingerprint density at radius 2 is 2.05 bits per heavy atom. The number of aromatic nitrogens is 3. The number of nitrogens with two attached hydrogens (primary N) is 1. The maximum atomic E-state index is 6.24. The monoisotopic (exact) mass is 290 g/mol. The van der Waals surface area contributed by atoms with Crippen LogP contribution in [0.15, 0.2) is 6.07 Å². The number of hydrogen-bond donors (Lipinski definition) is 1. The molecule has 5 heteroatoms. The molecule has 3 rings (SSSR count). The molecule has 0 aliphatic heterocycles. The lowest BCUT2D eigenvalue weighted by molar-refractivity contribution is 0.656. The molecule has 0 unspecified atom stereocenters. The number of aryl methyl sites for hydroxylation is 3. The first kappa shape index (κ1) is 13.6. The molecule has 0 radical (unpaired) electrons. The van der Waals surface area contributed by atoms with E-state index in [1.807, 2.05) is 18.5 Å². The molecule has 2 aromatic heterocycles. The van der Waals surface area contributed by atoms with E-state index in [-0.39, 0.29) is 0 Å². The molecule has 0 fully saturated rings. The standard InChI is InChI=1S/C15H19ClN4/c1-9-14(16)10(2)20(19-9)15-12(8-17)7-11-5-3-4-6-13(11)18-15/h7H,3-6,8,17H2,1-2H3. The van der Waals surface area contributed by atoms with Gasteiger partial charge < -0.3 is 5.73 Å². The summed E-state index contributed by atoms with van der Waals surface area (Å²) in [4.78, 5) is 4.83. The van der Waals surface area contributed by atoms with Crippen LogP contribution in [0.25, 0.3) is 5.82 Å². The van der Waals surface area contributed by atoms with E-state index >= 15 is 0 Å². The highest BCUT2D eigenvalue weighted by molar-refractivity contribution is 6.31. The average molecular weight is 291 g/mol. The molecule has 106 valence electrons. The predicted octanol–water partition coefficient (Wildman–Crippen LogP) is 2.88. The third-order valence-corrected chi connectivity index (χ3v) is 4.53. The first-order valence-corrected chi connectivity index (χ1v) is 7.43. The van der Waals surface area contributed by atoms with Gasteiger partial charge in [0.2, 0.25) is 0 Å². The maximum Gasteiger partial charge on any atom is 0.158 e. The summed E-state index contributed by atoms with van der Waals surface area (Å²) in [5.74, 6) is 0.834. The van der Waals surface area contributed by atoms with Gasteiger partial charge in [-0.1, -0.05) is 11.6 Å². The van der Waals surface area contributed by atoms with Crippen LogP contribution in [-0.2, 0) is 19.4 Å². The zero-order valence-electron chi connectivity index (χ0n) is 11.9. The second-order valence-corrected chi connectivity index (χ2v) is 5.76. The van der Waals surface area contributed by atoms with Gasteiger partial charge in [0.1, 0.15) is 0 Å². The van der Waals surface area contributed by atoms with Crippen molar-refractivity contribution in [1.82, 2.24) is 14.8 Å². The lowest BCUT2D eigenvalue weighted by Crippen LogP contribution is -2.15. The van der Waals surface area contributed by atoms with Crippen molar-refractivity contribution in [3.63, 3.8) is 0 Å². The van der Waals surface area contributed by atoms with Crippen molar-refractivity contribution < 1.29 is 0 Å². The largest absolute Gasteiger partial charge is 0.326 e. The lowest BCUT2D eigenvalue weighted by Gasteiger charge is -2.18. The van der Waals surface area contributed by atoms with E-state index in [1.54, 1.807) is 0 Å². The van der Waals surface area contributed by atoms with E-state index in [0.717, 1.165) is 35.6 Å². The SMILES string of the molecule is Cc1nn(-c2nc3c(cc2CN)CCCC3)c(C)c1Cl. The predicted molar refractivity (Wildman–Crippen MR) is 80.4 cm³/mol. The third kappa shape index (κ3) is 2.13. The molecule has 0 amide bonds. The number of halogens is 1. The van der Waals surface area contributed by atoms with Crippen molar-refractivity contribution in [2.75, 3.05) is 0 Å². The molecule has 1 aliphatic rings. The highest BCUT2D eigenvalue weighted by Gasteiger charge is 2.18. The molecule has 2 N–H and O–H groups in total. The van der Waals surface area contributed by atoms with Crippen molar-refractivity contribution in [3.8, 4) is 5.82 Å². The van der Waals surface area contributed by atoms with Crippen LogP contribution in [0, 0.1) is 13.8 Å². The topological polar surface area (TPSA) is 56.7 Å². The second kappa shape index (κ2) is 5.19. The number of rotatable bonds is 2. The third-order valence-electron chi connectivity index (χ3n) is 3.98. The minimum atomic E-state index is 0.464. The van der Waals surface area contributed by atoms with E-state index in [1.165, 1.54) is 24.1 Å². The van der Waals surface area contributed by atoms with Crippen molar-refractivity contribution in [1.29, 1.82) is 0 Å². The van der Waals surface area contributed by atoms with Crippen LogP contribution in [-0.4, -0.2) is 14.8 Å². The molecule has 20 heavy (non-hydrogen) atoms. The zero-order chi connectivity index (χ0) is 14.3. The van der Waals surface area contributed by atoms with Crippen LogP contribution in [0.2, 0.25) is 5.02 Å². The van der Waals surface area contributed by atoms with Gasteiger partial charge in [0.25, 0.3) is 0 Å². The maximum absolute atomic E-state index is 6.24. The minimum absolute atomic E-state index is 0.464. The summed E-state index contributed by atoms with van der Waals surface area (Å²) in [6.45, 7) is 4.34. The van der Waals surface area contributed by atoms with Crippen LogP contribution < -0.4 is 5.73 Å². The van der Waals surface area contributed by atoms with E-state index in [0.29, 0.717) is 11.6 Å². The van der Waals surface area contributed by atoms with Gasteiger partial charge >= 0.3 is 0 Å². The van der Waals surface area contributed by atoms with E-state index < -0.39 is 0 Å². The lowest BCUT2D eigenvalue weighted by atomic mass is 9.95. The Labute approximate surface area is 124 Å². The molecule has 1 aliphatic carbocycles. The number of hydrogen-bond acceptors (Lipinski definition) is 3. The summed E-state index contributed by atoms with van der Waals surface area (Å²) in [5, 5.41) is 5.21. The van der Waals surface area contributed by atoms with Gasteiger partial charge in [-0.2, -0.15) is 5.10 Å². The van der Waals surface area contributed by atoms with Gasteiger partial charge in [0, 0.05) is 17.8 Å². The smallest absolute Gasteiger partial charge is 0.158 e. The summed E-state index contributed by atoms with van der Waals surface area (Å²) in [7, 11) is 0. The normalized spacial score (nSPS) is 14.4. The summed E-state index contributed by atoms with van der Waals surface area (Å²) in [5.41, 5.74) is 11.2. The van der Waals surface area contributed by atoms with E-state index in [4.69, 9.17) is 22.3 Å². The highest BCUT2D eigenvalue weighted by atomic mass is 35.5. The molecule has 0 saturated heterocycles. The van der Waals surface area contributed by atoms with Gasteiger partial charge in [-0.05, 0) is 51.2 Å². The molecule has 2 heterocycles. The van der Waals surface area contributed by atoms with Crippen LogP contribution in [0.5, 0.6) is 0 Å². The quantitative estimate of drug-likeness (QED) is 0.925. The van der Waals surface area contributed by atoms with Crippen molar-refractivity contribution >= 4 is 11.6 Å². The summed E-state index contributed by atoms with van der Waals surface area (Å²) in [6, 6.07) is 2.20. The van der Waals surface area contributed by atoms with Crippen LogP contribution in [0.4, 0.5) is 0 Å². The van der Waals surface area contributed by atoms with Gasteiger partial charge in [-0.25, -0.2) is 9.67 Å². The number of nitrogens with zero attached hydrogens (tertiary/aromatic N) is 3. The Hall–Kier alpha value is -1.39. The zero-order valence-corrected chi connectivity index (χ0v) is 12.7. The summed E-state index contributed by atoms with van der Waals surface area (Å²) in [6.07, 6.45) is 4.59. The fraction of sp³-hybridized carbons (Fsp3) is 0.467. The first-order chi connectivity index (χ1) is 9.61. The minimum Gasteiger partial charge on any atom is -0.326 e. The van der Waals surface area contributed by atoms with E-state index in [9.17, 15) is 0 Å². The molecule has 0 spiro atoms. The molecule has 0 aromatic carbocycles. The summed E-state index contributed by atoms with van der Waals surface area (Å²) < 4.78 is 1.83. The Bertz CT molecular complexity index is 660.